The first-order valence-corrected chi connectivity index (χ1v) is 5.29. The SMILES string of the molecule is NNc1cc(C(F)(F)F)cc(NCC2CC2)n1. The lowest BCUT2D eigenvalue weighted by Gasteiger charge is -2.12. The first-order chi connectivity index (χ1) is 7.99. The van der Waals surface area contributed by atoms with Gasteiger partial charge in [-0.05, 0) is 30.9 Å². The van der Waals surface area contributed by atoms with Crippen molar-refractivity contribution < 1.29 is 13.2 Å². The summed E-state index contributed by atoms with van der Waals surface area (Å²) in [7, 11) is 0. The Bertz CT molecular complexity index is 401. The van der Waals surface area contributed by atoms with E-state index in [9.17, 15) is 13.2 Å². The summed E-state index contributed by atoms with van der Waals surface area (Å²) in [4.78, 5) is 3.92. The molecule has 0 saturated heterocycles. The summed E-state index contributed by atoms with van der Waals surface area (Å²) in [5.74, 6) is 5.84. The fraction of sp³-hybridized carbons (Fsp3) is 0.500. The van der Waals surface area contributed by atoms with Crippen LogP contribution in [0, 0.1) is 5.92 Å². The molecule has 0 unspecified atom stereocenters. The molecule has 0 bridgehead atoms. The normalized spacial score (nSPS) is 15.8. The molecule has 4 N–H and O–H groups in total. The minimum absolute atomic E-state index is 0.00174. The zero-order valence-corrected chi connectivity index (χ0v) is 9.01. The summed E-state index contributed by atoms with van der Waals surface area (Å²) in [5, 5.41) is 2.89. The predicted molar refractivity (Wildman–Crippen MR) is 58.3 cm³/mol. The zero-order chi connectivity index (χ0) is 12.5. The van der Waals surface area contributed by atoms with Gasteiger partial charge in [0.25, 0.3) is 0 Å². The number of nitrogen functional groups attached to an aromatic ring is 1. The van der Waals surface area contributed by atoms with Gasteiger partial charge in [-0.15, -0.1) is 0 Å². The lowest BCUT2D eigenvalue weighted by atomic mass is 10.2. The molecule has 1 aliphatic rings. The number of halogens is 3. The molecule has 2 rings (SSSR count). The third-order valence-corrected chi connectivity index (χ3v) is 2.57. The predicted octanol–water partition coefficient (Wildman–Crippen LogP) is 2.21. The fourth-order valence-electron chi connectivity index (χ4n) is 1.43. The van der Waals surface area contributed by atoms with E-state index in [0.717, 1.165) is 25.0 Å². The summed E-state index contributed by atoms with van der Waals surface area (Å²) < 4.78 is 37.7. The van der Waals surface area contributed by atoms with Crippen LogP contribution >= 0.6 is 0 Å². The lowest BCUT2D eigenvalue weighted by Crippen LogP contribution is -2.14. The third-order valence-electron chi connectivity index (χ3n) is 2.57. The molecule has 17 heavy (non-hydrogen) atoms. The van der Waals surface area contributed by atoms with Gasteiger partial charge in [-0.3, -0.25) is 0 Å². The van der Waals surface area contributed by atoms with Crippen molar-refractivity contribution in [2.24, 2.45) is 11.8 Å². The second-order valence-corrected chi connectivity index (χ2v) is 4.09. The van der Waals surface area contributed by atoms with Crippen molar-refractivity contribution >= 4 is 11.6 Å². The number of hydrazine groups is 1. The molecule has 1 fully saturated rings. The van der Waals surface area contributed by atoms with Gasteiger partial charge in [0.05, 0.1) is 5.56 Å². The van der Waals surface area contributed by atoms with Gasteiger partial charge in [-0.25, -0.2) is 10.8 Å². The Balaban J connectivity index is 2.18. The van der Waals surface area contributed by atoms with Gasteiger partial charge in [-0.2, -0.15) is 13.2 Å². The van der Waals surface area contributed by atoms with Crippen LogP contribution in [0.5, 0.6) is 0 Å². The van der Waals surface area contributed by atoms with Crippen LogP contribution in [0.4, 0.5) is 24.8 Å². The Labute approximate surface area is 96.4 Å². The number of hydrogen-bond donors (Lipinski definition) is 3. The van der Waals surface area contributed by atoms with Crippen LogP contribution in [0.2, 0.25) is 0 Å². The molecule has 0 amide bonds. The number of nitrogens with one attached hydrogen (secondary N) is 2. The van der Waals surface area contributed by atoms with Gasteiger partial charge in [0.1, 0.15) is 11.6 Å². The highest BCUT2D eigenvalue weighted by Gasteiger charge is 2.31. The molecule has 7 heteroatoms. The largest absolute Gasteiger partial charge is 0.416 e. The van der Waals surface area contributed by atoms with E-state index in [0.29, 0.717) is 12.5 Å². The van der Waals surface area contributed by atoms with Gasteiger partial charge < -0.3 is 10.7 Å². The molecule has 0 spiro atoms. The van der Waals surface area contributed by atoms with Crippen LogP contribution in [0.1, 0.15) is 18.4 Å². The highest BCUT2D eigenvalue weighted by atomic mass is 19.4. The lowest BCUT2D eigenvalue weighted by molar-refractivity contribution is -0.137. The number of hydrogen-bond acceptors (Lipinski definition) is 4. The number of nitrogens with zero attached hydrogens (tertiary/aromatic N) is 1. The van der Waals surface area contributed by atoms with Crippen LogP contribution < -0.4 is 16.6 Å². The Hall–Kier alpha value is -1.50. The Morgan fingerprint density at radius 3 is 2.47 bits per heavy atom. The first-order valence-electron chi connectivity index (χ1n) is 5.29. The average Bonchev–Trinajstić information content (AvgIpc) is 3.08. The molecular formula is C10H13F3N4. The number of nitrogens with two attached hydrogens (primary N) is 1. The molecule has 1 aromatic rings. The van der Waals surface area contributed by atoms with E-state index in [2.05, 4.69) is 15.7 Å². The van der Waals surface area contributed by atoms with Gasteiger partial charge in [0.2, 0.25) is 0 Å². The summed E-state index contributed by atoms with van der Waals surface area (Å²) in [6, 6.07) is 1.87. The number of anilines is 2. The molecule has 1 aliphatic carbocycles. The zero-order valence-electron chi connectivity index (χ0n) is 9.01. The van der Waals surface area contributed by atoms with Crippen LogP contribution in [0.3, 0.4) is 0 Å². The monoisotopic (exact) mass is 246 g/mol. The fourth-order valence-corrected chi connectivity index (χ4v) is 1.43. The summed E-state index contributed by atoms with van der Waals surface area (Å²) in [6.45, 7) is 0.651. The maximum absolute atomic E-state index is 12.6. The number of rotatable bonds is 4. The summed E-state index contributed by atoms with van der Waals surface area (Å²) in [5.41, 5.74) is 1.37. The minimum Gasteiger partial charge on any atom is -0.370 e. The van der Waals surface area contributed by atoms with E-state index in [1.54, 1.807) is 0 Å². The van der Waals surface area contributed by atoms with Gasteiger partial charge in [0, 0.05) is 6.54 Å². The summed E-state index contributed by atoms with van der Waals surface area (Å²) >= 11 is 0. The smallest absolute Gasteiger partial charge is 0.370 e. The van der Waals surface area contributed by atoms with Crippen molar-refractivity contribution in [3.63, 3.8) is 0 Å². The molecule has 0 radical (unpaired) electrons. The van der Waals surface area contributed by atoms with Crippen molar-refractivity contribution in [3.05, 3.63) is 17.7 Å². The Morgan fingerprint density at radius 2 is 1.94 bits per heavy atom. The van der Waals surface area contributed by atoms with Crippen LogP contribution in [0.25, 0.3) is 0 Å². The van der Waals surface area contributed by atoms with Gasteiger partial charge >= 0.3 is 6.18 Å². The number of aromatic nitrogens is 1. The number of alkyl halides is 3. The molecule has 0 aromatic carbocycles. The van der Waals surface area contributed by atoms with E-state index in [1.807, 2.05) is 0 Å². The van der Waals surface area contributed by atoms with Crippen LogP contribution in [0.15, 0.2) is 12.1 Å². The molecule has 0 aliphatic heterocycles. The molecule has 0 atom stereocenters. The Morgan fingerprint density at radius 1 is 1.29 bits per heavy atom. The van der Waals surface area contributed by atoms with Crippen molar-refractivity contribution in [1.82, 2.24) is 4.98 Å². The molecule has 94 valence electrons. The molecule has 1 saturated carbocycles. The third kappa shape index (κ3) is 3.23. The number of pyridine rings is 1. The Kier molecular flexibility index (Phi) is 3.10. The van der Waals surface area contributed by atoms with E-state index >= 15 is 0 Å². The second kappa shape index (κ2) is 4.40. The maximum atomic E-state index is 12.6. The van der Waals surface area contributed by atoms with E-state index in [-0.39, 0.29) is 11.6 Å². The van der Waals surface area contributed by atoms with E-state index < -0.39 is 11.7 Å². The standard InChI is InChI=1S/C10H13F3N4/c11-10(12,13)7-3-8(15-5-6-1-2-6)16-9(4-7)17-14/h3-4,6H,1-2,5,14H2,(H2,15,16,17). The summed E-state index contributed by atoms with van der Waals surface area (Å²) in [6.07, 6.45) is -2.16. The minimum atomic E-state index is -4.40. The first kappa shape index (κ1) is 12.0. The topological polar surface area (TPSA) is 63.0 Å². The molecule has 1 heterocycles. The van der Waals surface area contributed by atoms with Gasteiger partial charge in [-0.1, -0.05) is 0 Å². The highest BCUT2D eigenvalue weighted by Crippen LogP contribution is 2.33. The quantitative estimate of drug-likeness (QED) is 0.563. The second-order valence-electron chi connectivity index (χ2n) is 4.09. The van der Waals surface area contributed by atoms with Crippen LogP contribution in [-0.2, 0) is 6.18 Å². The molecule has 1 aromatic heterocycles. The van der Waals surface area contributed by atoms with Crippen molar-refractivity contribution in [2.45, 2.75) is 19.0 Å². The highest BCUT2D eigenvalue weighted by molar-refractivity contribution is 5.49. The van der Waals surface area contributed by atoms with Crippen molar-refractivity contribution in [2.75, 3.05) is 17.3 Å². The molecular weight excluding hydrogens is 233 g/mol. The maximum Gasteiger partial charge on any atom is 0.416 e. The van der Waals surface area contributed by atoms with Crippen LogP contribution in [-0.4, -0.2) is 11.5 Å². The van der Waals surface area contributed by atoms with E-state index in [4.69, 9.17) is 5.84 Å². The molecule has 4 nitrogen and oxygen atoms in total. The average molecular weight is 246 g/mol. The van der Waals surface area contributed by atoms with Crippen molar-refractivity contribution in [3.8, 4) is 0 Å². The van der Waals surface area contributed by atoms with E-state index in [1.165, 1.54) is 0 Å². The van der Waals surface area contributed by atoms with Crippen molar-refractivity contribution in [1.29, 1.82) is 0 Å². The van der Waals surface area contributed by atoms with Gasteiger partial charge in [0.15, 0.2) is 0 Å².